The van der Waals surface area contributed by atoms with Gasteiger partial charge in [-0.3, -0.25) is 14.0 Å². The number of carbonyl (C=O) groups excluding carboxylic acids is 1. The van der Waals surface area contributed by atoms with Crippen LogP contribution in [0.3, 0.4) is 0 Å². The maximum absolute atomic E-state index is 12.4. The van der Waals surface area contributed by atoms with E-state index in [9.17, 15) is 9.59 Å². The summed E-state index contributed by atoms with van der Waals surface area (Å²) in [5.41, 5.74) is 1.10. The summed E-state index contributed by atoms with van der Waals surface area (Å²) >= 11 is 0. The molecule has 0 aliphatic carbocycles. The van der Waals surface area contributed by atoms with Gasteiger partial charge < -0.3 is 5.32 Å². The zero-order valence-electron chi connectivity index (χ0n) is 15.3. The third-order valence-electron chi connectivity index (χ3n) is 4.51. The van der Waals surface area contributed by atoms with Crippen LogP contribution in [0.15, 0.2) is 53.5 Å². The van der Waals surface area contributed by atoms with E-state index in [1.54, 1.807) is 18.2 Å². The molecule has 1 atom stereocenters. The van der Waals surface area contributed by atoms with Crippen molar-refractivity contribution in [1.29, 1.82) is 0 Å². The van der Waals surface area contributed by atoms with E-state index in [1.807, 2.05) is 41.8 Å². The number of aromatic nitrogens is 6. The number of hydrogen-bond donors (Lipinski definition) is 1. The van der Waals surface area contributed by atoms with Gasteiger partial charge in [0.1, 0.15) is 5.52 Å². The van der Waals surface area contributed by atoms with Crippen molar-refractivity contribution < 1.29 is 4.79 Å². The van der Waals surface area contributed by atoms with Crippen molar-refractivity contribution in [1.82, 2.24) is 34.9 Å². The van der Waals surface area contributed by atoms with Crippen molar-refractivity contribution >= 4 is 22.5 Å². The molecule has 0 aliphatic rings. The second-order valence-electron chi connectivity index (χ2n) is 6.51. The molecule has 1 aromatic carbocycles. The molecule has 0 bridgehead atoms. The molecular weight excluding hydrogens is 358 g/mol. The number of fused-ring (bicyclic) bond motifs is 2. The summed E-state index contributed by atoms with van der Waals surface area (Å²) in [5, 5.41) is 19.7. The van der Waals surface area contributed by atoms with Gasteiger partial charge in [0.25, 0.3) is 5.56 Å². The van der Waals surface area contributed by atoms with E-state index in [0.29, 0.717) is 29.7 Å². The summed E-state index contributed by atoms with van der Waals surface area (Å²) in [4.78, 5) is 24.7. The Bertz CT molecular complexity index is 1200. The number of aryl methyl sites for hydroxylation is 1. The van der Waals surface area contributed by atoms with Crippen LogP contribution in [0, 0.1) is 0 Å². The second-order valence-corrected chi connectivity index (χ2v) is 6.51. The number of rotatable bonds is 6. The molecule has 0 spiro atoms. The average Bonchev–Trinajstić information content (AvgIpc) is 3.14. The Morgan fingerprint density at radius 1 is 1.11 bits per heavy atom. The van der Waals surface area contributed by atoms with Gasteiger partial charge in [-0.25, -0.2) is 4.68 Å². The fourth-order valence-corrected chi connectivity index (χ4v) is 3.09. The molecule has 0 aliphatic heterocycles. The molecule has 0 radical (unpaired) electrons. The van der Waals surface area contributed by atoms with Crippen molar-refractivity contribution in [2.24, 2.45) is 0 Å². The van der Waals surface area contributed by atoms with Crippen LogP contribution in [0.5, 0.6) is 0 Å². The molecule has 9 heteroatoms. The summed E-state index contributed by atoms with van der Waals surface area (Å²) in [5.74, 6) is 0.544. The third-order valence-corrected chi connectivity index (χ3v) is 4.51. The van der Waals surface area contributed by atoms with Gasteiger partial charge in [0.2, 0.25) is 5.91 Å². The molecule has 4 rings (SSSR count). The van der Waals surface area contributed by atoms with Gasteiger partial charge in [-0.2, -0.15) is 0 Å². The molecule has 3 heterocycles. The van der Waals surface area contributed by atoms with E-state index < -0.39 is 0 Å². The third kappa shape index (κ3) is 3.46. The van der Waals surface area contributed by atoms with Gasteiger partial charge in [-0.05, 0) is 37.6 Å². The number of pyridine rings is 1. The van der Waals surface area contributed by atoms with Crippen molar-refractivity contribution in [3.8, 4) is 0 Å². The average molecular weight is 377 g/mol. The SMILES string of the molecule is C[C@H](NC(=O)CCCn1nnc2ccccc2c1=O)c1nnc2ccccn12. The molecular formula is C19H19N7O2. The predicted molar refractivity (Wildman–Crippen MR) is 103 cm³/mol. The van der Waals surface area contributed by atoms with E-state index in [2.05, 4.69) is 25.8 Å². The van der Waals surface area contributed by atoms with Crippen LogP contribution in [-0.4, -0.2) is 35.5 Å². The first-order chi connectivity index (χ1) is 13.6. The van der Waals surface area contributed by atoms with Crippen molar-refractivity contribution in [3.63, 3.8) is 0 Å². The molecule has 28 heavy (non-hydrogen) atoms. The van der Waals surface area contributed by atoms with Crippen LogP contribution in [-0.2, 0) is 11.3 Å². The molecule has 4 aromatic rings. The molecule has 0 fully saturated rings. The molecule has 0 saturated carbocycles. The first kappa shape index (κ1) is 17.8. The summed E-state index contributed by atoms with van der Waals surface area (Å²) in [6, 6.07) is 12.4. The van der Waals surface area contributed by atoms with Crippen LogP contribution in [0.4, 0.5) is 0 Å². The van der Waals surface area contributed by atoms with E-state index >= 15 is 0 Å². The van der Waals surface area contributed by atoms with Crippen molar-refractivity contribution in [2.45, 2.75) is 32.4 Å². The maximum Gasteiger partial charge on any atom is 0.277 e. The Kier molecular flexibility index (Phi) is 4.79. The van der Waals surface area contributed by atoms with E-state index in [0.717, 1.165) is 5.65 Å². The van der Waals surface area contributed by atoms with Gasteiger partial charge in [0, 0.05) is 19.2 Å². The molecule has 0 unspecified atom stereocenters. The lowest BCUT2D eigenvalue weighted by atomic mass is 10.2. The summed E-state index contributed by atoms with van der Waals surface area (Å²) in [6.45, 7) is 2.19. The number of nitrogens with zero attached hydrogens (tertiary/aromatic N) is 6. The Hall–Kier alpha value is -3.62. The minimum Gasteiger partial charge on any atom is -0.346 e. The van der Waals surface area contributed by atoms with E-state index in [-0.39, 0.29) is 23.9 Å². The molecule has 1 N–H and O–H groups in total. The zero-order valence-corrected chi connectivity index (χ0v) is 15.3. The molecule has 0 saturated heterocycles. The van der Waals surface area contributed by atoms with Gasteiger partial charge >= 0.3 is 0 Å². The van der Waals surface area contributed by atoms with E-state index in [4.69, 9.17) is 0 Å². The first-order valence-electron chi connectivity index (χ1n) is 9.05. The summed E-state index contributed by atoms with van der Waals surface area (Å²) < 4.78 is 3.14. The highest BCUT2D eigenvalue weighted by Gasteiger charge is 2.15. The van der Waals surface area contributed by atoms with Crippen LogP contribution in [0.25, 0.3) is 16.6 Å². The lowest BCUT2D eigenvalue weighted by molar-refractivity contribution is -0.121. The van der Waals surface area contributed by atoms with Crippen molar-refractivity contribution in [3.05, 3.63) is 64.8 Å². The van der Waals surface area contributed by atoms with Crippen molar-refractivity contribution in [2.75, 3.05) is 0 Å². The topological polar surface area (TPSA) is 107 Å². The van der Waals surface area contributed by atoms with Gasteiger partial charge in [0.15, 0.2) is 11.5 Å². The predicted octanol–water partition coefficient (Wildman–Crippen LogP) is 1.49. The van der Waals surface area contributed by atoms with Gasteiger partial charge in [-0.15, -0.1) is 15.3 Å². The normalized spacial score (nSPS) is 12.3. The summed E-state index contributed by atoms with van der Waals surface area (Å²) in [6.07, 6.45) is 2.60. The highest BCUT2D eigenvalue weighted by Crippen LogP contribution is 2.12. The minimum atomic E-state index is -0.284. The number of hydrogen-bond acceptors (Lipinski definition) is 6. The standard InChI is InChI=1S/C19H19N7O2/c1-13(18-23-22-16-9-4-5-11-25(16)18)20-17(27)10-6-12-26-19(28)14-7-2-3-8-15(14)21-24-26/h2-5,7-9,11,13H,6,10,12H2,1H3,(H,20,27)/t13-/m0/s1. The van der Waals surface area contributed by atoms with Crippen LogP contribution in [0.2, 0.25) is 0 Å². The fourth-order valence-electron chi connectivity index (χ4n) is 3.09. The minimum absolute atomic E-state index is 0.123. The quantitative estimate of drug-likeness (QED) is 0.546. The maximum atomic E-state index is 12.4. The number of carbonyl (C=O) groups is 1. The van der Waals surface area contributed by atoms with E-state index in [1.165, 1.54) is 4.68 Å². The Morgan fingerprint density at radius 3 is 2.82 bits per heavy atom. The second kappa shape index (κ2) is 7.55. The lowest BCUT2D eigenvalue weighted by Gasteiger charge is -2.12. The first-order valence-corrected chi connectivity index (χ1v) is 9.05. The number of benzene rings is 1. The molecule has 3 aromatic heterocycles. The smallest absolute Gasteiger partial charge is 0.277 e. The van der Waals surface area contributed by atoms with Crippen LogP contribution < -0.4 is 10.9 Å². The molecule has 1 amide bonds. The largest absolute Gasteiger partial charge is 0.346 e. The Labute approximate surface area is 160 Å². The number of amides is 1. The summed E-state index contributed by atoms with van der Waals surface area (Å²) in [7, 11) is 0. The van der Waals surface area contributed by atoms with Crippen LogP contribution >= 0.6 is 0 Å². The van der Waals surface area contributed by atoms with Crippen LogP contribution in [0.1, 0.15) is 31.6 Å². The zero-order chi connectivity index (χ0) is 19.5. The molecule has 142 valence electrons. The molecule has 9 nitrogen and oxygen atoms in total. The fraction of sp³-hybridized carbons (Fsp3) is 0.263. The number of nitrogens with one attached hydrogen (secondary N) is 1. The van der Waals surface area contributed by atoms with Gasteiger partial charge in [-0.1, -0.05) is 23.4 Å². The highest BCUT2D eigenvalue weighted by atomic mass is 16.1. The Morgan fingerprint density at radius 2 is 1.93 bits per heavy atom. The Balaban J connectivity index is 1.36. The lowest BCUT2D eigenvalue weighted by Crippen LogP contribution is -2.29. The van der Waals surface area contributed by atoms with Gasteiger partial charge in [0.05, 0.1) is 11.4 Å². The monoisotopic (exact) mass is 377 g/mol. The highest BCUT2D eigenvalue weighted by molar-refractivity contribution is 5.77.